The van der Waals surface area contributed by atoms with Gasteiger partial charge in [0, 0.05) is 35.5 Å². The van der Waals surface area contributed by atoms with Crippen molar-refractivity contribution in [3.63, 3.8) is 0 Å². The summed E-state index contributed by atoms with van der Waals surface area (Å²) in [5.41, 5.74) is 1.88. The molecule has 0 unspecified atom stereocenters. The van der Waals surface area contributed by atoms with Crippen molar-refractivity contribution in [3.05, 3.63) is 40.7 Å². The number of aryl methyl sites for hydroxylation is 1. The van der Waals surface area contributed by atoms with E-state index < -0.39 is 0 Å². The minimum Gasteiger partial charge on any atom is -0.380 e. The van der Waals surface area contributed by atoms with Crippen LogP contribution in [0.1, 0.15) is 28.8 Å². The largest absolute Gasteiger partial charge is 0.380 e. The molecule has 5 heteroatoms. The number of carbonyl (C=O) groups is 1. The van der Waals surface area contributed by atoms with E-state index in [2.05, 4.69) is 4.98 Å². The summed E-state index contributed by atoms with van der Waals surface area (Å²) in [7, 11) is 0. The number of amides is 1. The standard InChI is InChI=1S/C18H19ClN2O2/c1-12-4-2-5-13-15(12)14(8-20-16(13)19)17(22)21-7-3-6-18(9-21)10-23-11-18/h2,4-5,8H,3,6-7,9-11H2,1H3. The molecule has 0 radical (unpaired) electrons. The molecule has 3 heterocycles. The molecular formula is C18H19ClN2O2. The molecule has 1 aromatic carbocycles. The van der Waals surface area contributed by atoms with Crippen LogP contribution >= 0.6 is 11.6 Å². The molecule has 1 amide bonds. The van der Waals surface area contributed by atoms with Crippen LogP contribution in [-0.2, 0) is 4.74 Å². The highest BCUT2D eigenvalue weighted by molar-refractivity contribution is 6.35. The Morgan fingerprint density at radius 3 is 2.96 bits per heavy atom. The number of hydrogen-bond donors (Lipinski definition) is 0. The van der Waals surface area contributed by atoms with Crippen molar-refractivity contribution in [1.29, 1.82) is 0 Å². The third kappa shape index (κ3) is 2.41. The van der Waals surface area contributed by atoms with Crippen LogP contribution < -0.4 is 0 Å². The zero-order valence-corrected chi connectivity index (χ0v) is 13.9. The molecule has 1 spiro atoms. The van der Waals surface area contributed by atoms with E-state index in [9.17, 15) is 4.79 Å². The number of piperidine rings is 1. The van der Waals surface area contributed by atoms with Crippen molar-refractivity contribution >= 4 is 28.3 Å². The highest BCUT2D eigenvalue weighted by atomic mass is 35.5. The summed E-state index contributed by atoms with van der Waals surface area (Å²) in [6, 6.07) is 5.87. The van der Waals surface area contributed by atoms with Gasteiger partial charge in [0.1, 0.15) is 5.15 Å². The number of ether oxygens (including phenoxy) is 1. The zero-order valence-electron chi connectivity index (χ0n) is 13.1. The van der Waals surface area contributed by atoms with Crippen LogP contribution in [-0.4, -0.2) is 42.1 Å². The number of nitrogens with zero attached hydrogens (tertiary/aromatic N) is 2. The molecule has 4 nitrogen and oxygen atoms in total. The van der Waals surface area contributed by atoms with E-state index in [0.717, 1.165) is 55.5 Å². The predicted molar refractivity (Wildman–Crippen MR) is 89.9 cm³/mol. The molecule has 2 aliphatic rings. The third-order valence-electron chi connectivity index (χ3n) is 5.07. The fraction of sp³-hybridized carbons (Fsp3) is 0.444. The molecule has 1 aromatic heterocycles. The van der Waals surface area contributed by atoms with Gasteiger partial charge in [-0.3, -0.25) is 4.79 Å². The van der Waals surface area contributed by atoms with Gasteiger partial charge in [0.15, 0.2) is 0 Å². The first-order chi connectivity index (χ1) is 11.1. The molecule has 23 heavy (non-hydrogen) atoms. The van der Waals surface area contributed by atoms with Crippen molar-refractivity contribution in [2.45, 2.75) is 19.8 Å². The summed E-state index contributed by atoms with van der Waals surface area (Å²) in [6.07, 6.45) is 3.81. The van der Waals surface area contributed by atoms with Crippen molar-refractivity contribution in [3.8, 4) is 0 Å². The van der Waals surface area contributed by atoms with Gasteiger partial charge >= 0.3 is 0 Å². The highest BCUT2D eigenvalue weighted by Crippen LogP contribution is 2.38. The monoisotopic (exact) mass is 330 g/mol. The van der Waals surface area contributed by atoms with Gasteiger partial charge in [-0.25, -0.2) is 4.98 Å². The topological polar surface area (TPSA) is 42.4 Å². The van der Waals surface area contributed by atoms with E-state index in [1.165, 1.54) is 0 Å². The maximum atomic E-state index is 13.1. The second-order valence-corrected chi connectivity index (χ2v) is 7.14. The first kappa shape index (κ1) is 14.9. The van der Waals surface area contributed by atoms with Crippen LogP contribution in [0.15, 0.2) is 24.4 Å². The number of carbonyl (C=O) groups excluding carboxylic acids is 1. The van der Waals surface area contributed by atoms with Gasteiger partial charge < -0.3 is 9.64 Å². The SMILES string of the molecule is Cc1cccc2c(Cl)ncc(C(=O)N3CCCC4(COC4)C3)c12. The van der Waals surface area contributed by atoms with E-state index in [1.54, 1.807) is 6.20 Å². The van der Waals surface area contributed by atoms with Crippen LogP contribution in [0.2, 0.25) is 5.15 Å². The Balaban J connectivity index is 1.74. The fourth-order valence-electron chi connectivity index (χ4n) is 3.79. The van der Waals surface area contributed by atoms with Crippen LogP contribution in [0.5, 0.6) is 0 Å². The fourth-order valence-corrected chi connectivity index (χ4v) is 4.00. The van der Waals surface area contributed by atoms with E-state index in [4.69, 9.17) is 16.3 Å². The van der Waals surface area contributed by atoms with Gasteiger partial charge in [0.2, 0.25) is 0 Å². The first-order valence-electron chi connectivity index (χ1n) is 8.01. The van der Waals surface area contributed by atoms with Crippen molar-refractivity contribution < 1.29 is 9.53 Å². The Labute approximate surface area is 140 Å². The van der Waals surface area contributed by atoms with Crippen molar-refractivity contribution in [2.24, 2.45) is 5.41 Å². The quantitative estimate of drug-likeness (QED) is 0.752. The Bertz CT molecular complexity index is 786. The van der Waals surface area contributed by atoms with E-state index >= 15 is 0 Å². The summed E-state index contributed by atoms with van der Waals surface area (Å²) in [6.45, 7) is 5.14. The lowest BCUT2D eigenvalue weighted by Crippen LogP contribution is -2.55. The van der Waals surface area contributed by atoms with Gasteiger partial charge in [-0.05, 0) is 25.3 Å². The average molecular weight is 331 g/mol. The molecular weight excluding hydrogens is 312 g/mol. The molecule has 0 N–H and O–H groups in total. The lowest BCUT2D eigenvalue weighted by atomic mass is 9.78. The lowest BCUT2D eigenvalue weighted by molar-refractivity contribution is -0.138. The minimum atomic E-state index is 0.0550. The first-order valence-corrected chi connectivity index (χ1v) is 8.38. The molecule has 0 bridgehead atoms. The molecule has 4 rings (SSSR count). The van der Waals surface area contributed by atoms with E-state index in [0.29, 0.717) is 10.7 Å². The van der Waals surface area contributed by atoms with Crippen molar-refractivity contribution in [1.82, 2.24) is 9.88 Å². The summed E-state index contributed by atoms with van der Waals surface area (Å²) in [5.74, 6) is 0.0550. The number of pyridine rings is 1. The van der Waals surface area contributed by atoms with E-state index in [-0.39, 0.29) is 11.3 Å². The molecule has 2 fully saturated rings. The second-order valence-electron chi connectivity index (χ2n) is 6.78. The van der Waals surface area contributed by atoms with E-state index in [1.807, 2.05) is 30.0 Å². The Morgan fingerprint density at radius 2 is 2.22 bits per heavy atom. The number of aromatic nitrogens is 1. The number of benzene rings is 1. The van der Waals surface area contributed by atoms with Crippen LogP contribution in [0.25, 0.3) is 10.8 Å². The number of halogens is 1. The number of fused-ring (bicyclic) bond motifs is 1. The molecule has 0 atom stereocenters. The van der Waals surface area contributed by atoms with Gasteiger partial charge in [-0.2, -0.15) is 0 Å². The zero-order chi connectivity index (χ0) is 16.0. The lowest BCUT2D eigenvalue weighted by Gasteiger charge is -2.48. The average Bonchev–Trinajstić information content (AvgIpc) is 2.54. The normalized spacial score (nSPS) is 19.8. The van der Waals surface area contributed by atoms with Crippen LogP contribution in [0.3, 0.4) is 0 Å². The molecule has 2 aliphatic heterocycles. The van der Waals surface area contributed by atoms with Gasteiger partial charge in [0.25, 0.3) is 5.91 Å². The smallest absolute Gasteiger partial charge is 0.256 e. The summed E-state index contributed by atoms with van der Waals surface area (Å²) >= 11 is 6.22. The summed E-state index contributed by atoms with van der Waals surface area (Å²) in [4.78, 5) is 19.3. The Kier molecular flexibility index (Phi) is 3.54. The molecule has 0 saturated carbocycles. The number of hydrogen-bond acceptors (Lipinski definition) is 3. The number of likely N-dealkylation sites (tertiary alicyclic amines) is 1. The molecule has 0 aliphatic carbocycles. The highest BCUT2D eigenvalue weighted by Gasteiger charge is 2.43. The van der Waals surface area contributed by atoms with Gasteiger partial charge in [-0.1, -0.05) is 29.8 Å². The molecule has 2 aromatic rings. The maximum absolute atomic E-state index is 13.1. The summed E-state index contributed by atoms with van der Waals surface area (Å²) < 4.78 is 5.39. The third-order valence-corrected chi connectivity index (χ3v) is 5.37. The minimum absolute atomic E-state index is 0.0550. The summed E-state index contributed by atoms with van der Waals surface area (Å²) in [5, 5.41) is 2.21. The van der Waals surface area contributed by atoms with Crippen LogP contribution in [0.4, 0.5) is 0 Å². The Morgan fingerprint density at radius 1 is 1.39 bits per heavy atom. The van der Waals surface area contributed by atoms with Gasteiger partial charge in [0.05, 0.1) is 18.8 Å². The molecule has 2 saturated heterocycles. The van der Waals surface area contributed by atoms with Crippen LogP contribution in [0, 0.1) is 12.3 Å². The Hall–Kier alpha value is -1.65. The van der Waals surface area contributed by atoms with Gasteiger partial charge in [-0.15, -0.1) is 0 Å². The predicted octanol–water partition coefficient (Wildman–Crippen LogP) is 3.45. The maximum Gasteiger partial charge on any atom is 0.256 e. The number of rotatable bonds is 1. The molecule has 120 valence electrons. The van der Waals surface area contributed by atoms with Crippen molar-refractivity contribution in [2.75, 3.05) is 26.3 Å². The second kappa shape index (κ2) is 5.46.